The highest BCUT2D eigenvalue weighted by atomic mass is 35.5. The van der Waals surface area contributed by atoms with Crippen LogP contribution in [0.2, 0.25) is 5.02 Å². The van der Waals surface area contributed by atoms with Crippen LogP contribution in [0.1, 0.15) is 17.3 Å². The number of carbonyl (C=O) groups is 1. The average Bonchev–Trinajstić information content (AvgIpc) is 2.76. The summed E-state index contributed by atoms with van der Waals surface area (Å²) in [5, 5.41) is 0.583. The number of aromatic nitrogens is 2. The second-order valence-corrected chi connectivity index (χ2v) is 7.63. The van der Waals surface area contributed by atoms with Crippen molar-refractivity contribution in [2.24, 2.45) is 0 Å². The van der Waals surface area contributed by atoms with E-state index in [-0.39, 0.29) is 23.6 Å². The number of piperazine rings is 1. The third-order valence-corrected chi connectivity index (χ3v) is 5.30. The average molecular weight is 445 g/mol. The summed E-state index contributed by atoms with van der Waals surface area (Å²) < 4.78 is 32.0. The zero-order chi connectivity index (χ0) is 22.0. The van der Waals surface area contributed by atoms with E-state index in [1.807, 2.05) is 16.7 Å². The van der Waals surface area contributed by atoms with Crippen LogP contribution in [0.25, 0.3) is 0 Å². The van der Waals surface area contributed by atoms with Gasteiger partial charge in [0.05, 0.1) is 0 Å². The minimum atomic E-state index is -0.998. The molecule has 3 aromatic rings. The lowest BCUT2D eigenvalue weighted by atomic mass is 10.1. The largest absolute Gasteiger partial charge is 0.439 e. The van der Waals surface area contributed by atoms with Gasteiger partial charge in [0, 0.05) is 48.4 Å². The molecule has 1 aliphatic heterocycles. The highest BCUT2D eigenvalue weighted by Gasteiger charge is 2.29. The molecule has 1 atom stereocenters. The second-order valence-electron chi connectivity index (χ2n) is 7.19. The summed E-state index contributed by atoms with van der Waals surface area (Å²) in [6.07, 6.45) is 1.35. The number of anilines is 1. The van der Waals surface area contributed by atoms with Crippen LogP contribution in [-0.4, -0.2) is 46.5 Å². The van der Waals surface area contributed by atoms with Crippen molar-refractivity contribution in [3.8, 4) is 11.6 Å². The van der Waals surface area contributed by atoms with E-state index in [2.05, 4.69) is 9.97 Å². The molecule has 0 unspecified atom stereocenters. The molecule has 2 heterocycles. The smallest absolute Gasteiger partial charge is 0.254 e. The standard InChI is InChI=1S/C22H19ClF2N4O2/c1-14-12-28(8-9-29(14)22(30)15-2-4-16(23)5-3-15)20-11-21(27-13-26-20)31-17-6-7-18(24)19(25)10-17/h2-7,10-11,13-14H,8-9,12H2,1H3/t14-/m0/s1. The molecule has 1 saturated heterocycles. The van der Waals surface area contributed by atoms with E-state index in [0.29, 0.717) is 36.0 Å². The fraction of sp³-hybridized carbons (Fsp3) is 0.227. The maximum Gasteiger partial charge on any atom is 0.254 e. The molecule has 1 amide bonds. The number of amides is 1. The van der Waals surface area contributed by atoms with E-state index in [1.54, 1.807) is 30.3 Å². The van der Waals surface area contributed by atoms with Crippen molar-refractivity contribution >= 4 is 23.3 Å². The number of nitrogens with zero attached hydrogens (tertiary/aromatic N) is 4. The molecule has 0 N–H and O–H groups in total. The van der Waals surface area contributed by atoms with Crippen LogP contribution in [0.5, 0.6) is 11.6 Å². The molecule has 0 spiro atoms. The van der Waals surface area contributed by atoms with Gasteiger partial charge < -0.3 is 14.5 Å². The zero-order valence-electron chi connectivity index (χ0n) is 16.6. The van der Waals surface area contributed by atoms with Gasteiger partial charge >= 0.3 is 0 Å². The van der Waals surface area contributed by atoms with Gasteiger partial charge in [-0.1, -0.05) is 11.6 Å². The quantitative estimate of drug-likeness (QED) is 0.590. The Kier molecular flexibility index (Phi) is 5.99. The van der Waals surface area contributed by atoms with Gasteiger partial charge in [-0.05, 0) is 43.3 Å². The maximum atomic E-state index is 13.4. The van der Waals surface area contributed by atoms with Crippen LogP contribution in [-0.2, 0) is 0 Å². The summed E-state index contributed by atoms with van der Waals surface area (Å²) in [5.74, 6) is -1.02. The molecule has 160 valence electrons. The Morgan fingerprint density at radius 1 is 1.06 bits per heavy atom. The highest BCUT2D eigenvalue weighted by molar-refractivity contribution is 6.30. The van der Waals surface area contributed by atoms with Crippen LogP contribution in [0, 0.1) is 11.6 Å². The van der Waals surface area contributed by atoms with E-state index in [9.17, 15) is 13.6 Å². The molecule has 1 aromatic heterocycles. The second kappa shape index (κ2) is 8.85. The first-order chi connectivity index (χ1) is 14.9. The minimum Gasteiger partial charge on any atom is -0.439 e. The molecule has 0 radical (unpaired) electrons. The van der Waals surface area contributed by atoms with Gasteiger partial charge in [0.1, 0.15) is 17.9 Å². The Balaban J connectivity index is 1.44. The van der Waals surface area contributed by atoms with Crippen molar-refractivity contribution in [1.82, 2.24) is 14.9 Å². The summed E-state index contributed by atoms with van der Waals surface area (Å²) in [6, 6.07) is 11.7. The lowest BCUT2D eigenvalue weighted by molar-refractivity contribution is 0.0673. The summed E-state index contributed by atoms with van der Waals surface area (Å²) in [5.41, 5.74) is 0.592. The predicted octanol–water partition coefficient (Wildman–Crippen LogP) is 4.55. The topological polar surface area (TPSA) is 58.6 Å². The van der Waals surface area contributed by atoms with E-state index < -0.39 is 11.6 Å². The van der Waals surface area contributed by atoms with E-state index in [1.165, 1.54) is 12.4 Å². The van der Waals surface area contributed by atoms with Crippen LogP contribution in [0.4, 0.5) is 14.6 Å². The maximum absolute atomic E-state index is 13.4. The number of ether oxygens (including phenoxy) is 1. The van der Waals surface area contributed by atoms with Gasteiger partial charge in [-0.3, -0.25) is 4.79 Å². The highest BCUT2D eigenvalue weighted by Crippen LogP contribution is 2.25. The van der Waals surface area contributed by atoms with Crippen molar-refractivity contribution < 1.29 is 18.3 Å². The number of hydrogen-bond acceptors (Lipinski definition) is 5. The molecule has 0 aliphatic carbocycles. The minimum absolute atomic E-state index is 0.0473. The van der Waals surface area contributed by atoms with Crippen LogP contribution in [0.15, 0.2) is 54.9 Å². The molecule has 0 saturated carbocycles. The molecule has 6 nitrogen and oxygen atoms in total. The molecule has 9 heteroatoms. The molecular weight excluding hydrogens is 426 g/mol. The Morgan fingerprint density at radius 2 is 1.84 bits per heavy atom. The van der Waals surface area contributed by atoms with Crippen LogP contribution < -0.4 is 9.64 Å². The summed E-state index contributed by atoms with van der Waals surface area (Å²) in [6.45, 7) is 3.64. The number of benzene rings is 2. The first-order valence-electron chi connectivity index (χ1n) is 9.67. The monoisotopic (exact) mass is 444 g/mol. The predicted molar refractivity (Wildman–Crippen MR) is 113 cm³/mol. The molecule has 31 heavy (non-hydrogen) atoms. The van der Waals surface area contributed by atoms with Crippen molar-refractivity contribution in [3.63, 3.8) is 0 Å². The summed E-state index contributed by atoms with van der Waals surface area (Å²) in [4.78, 5) is 25.0. The third kappa shape index (κ3) is 4.74. The van der Waals surface area contributed by atoms with Gasteiger partial charge in [0.2, 0.25) is 5.88 Å². The van der Waals surface area contributed by atoms with Crippen LogP contribution >= 0.6 is 11.6 Å². The fourth-order valence-electron chi connectivity index (χ4n) is 3.45. The van der Waals surface area contributed by atoms with Crippen molar-refractivity contribution in [2.75, 3.05) is 24.5 Å². The van der Waals surface area contributed by atoms with E-state index >= 15 is 0 Å². The van der Waals surface area contributed by atoms with E-state index in [0.717, 1.165) is 12.1 Å². The van der Waals surface area contributed by atoms with Crippen LogP contribution in [0.3, 0.4) is 0 Å². The summed E-state index contributed by atoms with van der Waals surface area (Å²) >= 11 is 5.91. The Labute approximate surface area is 183 Å². The van der Waals surface area contributed by atoms with Gasteiger partial charge in [-0.2, -0.15) is 0 Å². The molecule has 1 aliphatic rings. The molecule has 1 fully saturated rings. The Morgan fingerprint density at radius 3 is 2.55 bits per heavy atom. The van der Waals surface area contributed by atoms with Gasteiger partial charge in [-0.25, -0.2) is 18.7 Å². The SMILES string of the molecule is C[C@H]1CN(c2cc(Oc3ccc(F)c(F)c3)ncn2)CCN1C(=O)c1ccc(Cl)cc1. The van der Waals surface area contributed by atoms with Crippen molar-refractivity contribution in [2.45, 2.75) is 13.0 Å². The van der Waals surface area contributed by atoms with Crippen molar-refractivity contribution in [1.29, 1.82) is 0 Å². The first kappa shape index (κ1) is 21.0. The van der Waals surface area contributed by atoms with E-state index in [4.69, 9.17) is 16.3 Å². The lowest BCUT2D eigenvalue weighted by Gasteiger charge is -2.40. The first-order valence-corrected chi connectivity index (χ1v) is 10.0. The number of carbonyl (C=O) groups excluding carboxylic acids is 1. The Bertz CT molecular complexity index is 1100. The lowest BCUT2D eigenvalue weighted by Crippen LogP contribution is -2.54. The molecule has 2 aromatic carbocycles. The number of hydrogen-bond donors (Lipinski definition) is 0. The Hall–Kier alpha value is -3.26. The molecule has 0 bridgehead atoms. The number of rotatable bonds is 4. The van der Waals surface area contributed by atoms with Crippen molar-refractivity contribution in [3.05, 3.63) is 77.1 Å². The normalized spacial score (nSPS) is 16.3. The van der Waals surface area contributed by atoms with Gasteiger partial charge in [0.15, 0.2) is 11.6 Å². The van der Waals surface area contributed by atoms with Gasteiger partial charge in [0.25, 0.3) is 5.91 Å². The third-order valence-electron chi connectivity index (χ3n) is 5.04. The van der Waals surface area contributed by atoms with Gasteiger partial charge in [-0.15, -0.1) is 0 Å². The molecular formula is C22H19ClF2N4O2. The zero-order valence-corrected chi connectivity index (χ0v) is 17.4. The molecule has 4 rings (SSSR count). The fourth-order valence-corrected chi connectivity index (χ4v) is 3.57. The summed E-state index contributed by atoms with van der Waals surface area (Å²) in [7, 11) is 0. The number of halogens is 3.